The smallest absolute Gasteiger partial charge is 0.336 e. The fraction of sp³-hybridized carbons (Fsp3) is 0.250. The van der Waals surface area contributed by atoms with E-state index in [1.54, 1.807) is 19.1 Å². The lowest BCUT2D eigenvalue weighted by molar-refractivity contribution is -0.385. The standard InChI is InChI=1S/C24H21N3O7/c1-12(2)9-18(26-23(30)16-5-4-6-17(27(32)33)21(16)24(26)31)22(29)25-14-7-8-15-13(3)10-20(28)34-19(15)11-14/h4-8,10-12,18H,9H2,1-3H3,(H,25,29)/t18-/m1/s1. The third kappa shape index (κ3) is 3.94. The van der Waals surface area contributed by atoms with E-state index in [4.69, 9.17) is 4.42 Å². The van der Waals surface area contributed by atoms with Crippen molar-refractivity contribution in [3.63, 3.8) is 0 Å². The highest BCUT2D eigenvalue weighted by molar-refractivity contribution is 6.25. The summed E-state index contributed by atoms with van der Waals surface area (Å²) in [7, 11) is 0. The topological polar surface area (TPSA) is 140 Å². The molecule has 3 aromatic rings. The van der Waals surface area contributed by atoms with Crippen LogP contribution in [-0.2, 0) is 4.79 Å². The van der Waals surface area contributed by atoms with Gasteiger partial charge in [0.2, 0.25) is 5.91 Å². The van der Waals surface area contributed by atoms with E-state index in [9.17, 15) is 29.3 Å². The number of nitrogens with zero attached hydrogens (tertiary/aromatic N) is 2. The van der Waals surface area contributed by atoms with E-state index in [0.29, 0.717) is 11.1 Å². The van der Waals surface area contributed by atoms with Crippen molar-refractivity contribution in [3.8, 4) is 0 Å². The summed E-state index contributed by atoms with van der Waals surface area (Å²) in [6.45, 7) is 5.42. The first-order chi connectivity index (χ1) is 16.1. The van der Waals surface area contributed by atoms with Crippen LogP contribution in [0.4, 0.5) is 11.4 Å². The Bertz CT molecular complexity index is 1420. The number of carbonyl (C=O) groups is 3. The van der Waals surface area contributed by atoms with Gasteiger partial charge in [-0.2, -0.15) is 0 Å². The fourth-order valence-electron chi connectivity index (χ4n) is 4.13. The van der Waals surface area contributed by atoms with Crippen LogP contribution in [0.25, 0.3) is 11.0 Å². The van der Waals surface area contributed by atoms with Crippen molar-refractivity contribution < 1.29 is 23.7 Å². The predicted octanol–water partition coefficient (Wildman–Crippen LogP) is 3.66. The number of amides is 3. The van der Waals surface area contributed by atoms with Gasteiger partial charge in [-0.25, -0.2) is 4.79 Å². The normalized spacial score (nSPS) is 13.9. The molecule has 0 unspecified atom stereocenters. The SMILES string of the molecule is Cc1cc(=O)oc2cc(NC(=O)[C@@H](CC(C)C)N3C(=O)c4cccc([N+](=O)[O-])c4C3=O)ccc12. The lowest BCUT2D eigenvalue weighted by atomic mass is 10.0. The number of carbonyl (C=O) groups excluding carboxylic acids is 3. The number of fused-ring (bicyclic) bond motifs is 2. The number of nitro groups is 1. The molecule has 0 radical (unpaired) electrons. The number of hydrogen-bond donors (Lipinski definition) is 1. The van der Waals surface area contributed by atoms with E-state index in [2.05, 4.69) is 5.32 Å². The first-order valence-electron chi connectivity index (χ1n) is 10.6. The number of benzene rings is 2. The van der Waals surface area contributed by atoms with Gasteiger partial charge in [0.05, 0.1) is 10.5 Å². The summed E-state index contributed by atoms with van der Waals surface area (Å²) in [6.07, 6.45) is 0.146. The van der Waals surface area contributed by atoms with Gasteiger partial charge in [0.25, 0.3) is 17.5 Å². The molecule has 1 aliphatic rings. The number of nitro benzene ring substituents is 1. The zero-order valence-corrected chi connectivity index (χ0v) is 18.7. The highest BCUT2D eigenvalue weighted by Gasteiger charge is 2.46. The van der Waals surface area contributed by atoms with Crippen LogP contribution >= 0.6 is 0 Å². The first kappa shape index (κ1) is 22.8. The van der Waals surface area contributed by atoms with Gasteiger partial charge in [-0.15, -0.1) is 0 Å². The molecular weight excluding hydrogens is 442 g/mol. The molecular formula is C24H21N3O7. The van der Waals surface area contributed by atoms with Crippen LogP contribution in [0.5, 0.6) is 0 Å². The third-order valence-corrected chi connectivity index (χ3v) is 5.65. The maximum Gasteiger partial charge on any atom is 0.336 e. The largest absolute Gasteiger partial charge is 0.423 e. The lowest BCUT2D eigenvalue weighted by Crippen LogP contribution is -2.48. The number of hydrogen-bond acceptors (Lipinski definition) is 7. The maximum absolute atomic E-state index is 13.3. The van der Waals surface area contributed by atoms with Gasteiger partial charge in [-0.1, -0.05) is 19.9 Å². The molecule has 174 valence electrons. The fourth-order valence-corrected chi connectivity index (χ4v) is 4.13. The highest BCUT2D eigenvalue weighted by Crippen LogP contribution is 2.33. The molecule has 1 aliphatic heterocycles. The van der Waals surface area contributed by atoms with Crippen molar-refractivity contribution in [1.82, 2.24) is 4.90 Å². The van der Waals surface area contributed by atoms with Crippen LogP contribution < -0.4 is 10.9 Å². The number of imide groups is 1. The quantitative estimate of drug-likeness (QED) is 0.255. The molecule has 1 N–H and O–H groups in total. The van der Waals surface area contributed by atoms with E-state index in [1.807, 2.05) is 13.8 Å². The molecule has 0 saturated heterocycles. The molecule has 0 spiro atoms. The van der Waals surface area contributed by atoms with E-state index in [1.165, 1.54) is 24.3 Å². The predicted molar refractivity (Wildman–Crippen MR) is 123 cm³/mol. The summed E-state index contributed by atoms with van der Waals surface area (Å²) >= 11 is 0. The van der Waals surface area contributed by atoms with Gasteiger partial charge in [-0.05, 0) is 43.0 Å². The molecule has 2 aromatic carbocycles. The van der Waals surface area contributed by atoms with Gasteiger partial charge >= 0.3 is 5.63 Å². The Morgan fingerprint density at radius 3 is 2.53 bits per heavy atom. The van der Waals surface area contributed by atoms with Crippen LogP contribution in [-0.4, -0.2) is 33.6 Å². The molecule has 0 aliphatic carbocycles. The van der Waals surface area contributed by atoms with Crippen LogP contribution in [0.2, 0.25) is 0 Å². The van der Waals surface area contributed by atoms with Gasteiger partial charge in [0, 0.05) is 29.3 Å². The second kappa shape index (κ2) is 8.54. The average Bonchev–Trinajstić information content (AvgIpc) is 3.01. The van der Waals surface area contributed by atoms with E-state index in [-0.39, 0.29) is 29.0 Å². The highest BCUT2D eigenvalue weighted by atomic mass is 16.6. The second-order valence-corrected chi connectivity index (χ2v) is 8.53. The molecule has 1 aromatic heterocycles. The van der Waals surface area contributed by atoms with Crippen LogP contribution in [0.15, 0.2) is 51.7 Å². The molecule has 4 rings (SSSR count). The van der Waals surface area contributed by atoms with Crippen LogP contribution in [0.3, 0.4) is 0 Å². The number of nitrogens with one attached hydrogen (secondary N) is 1. The van der Waals surface area contributed by atoms with Crippen molar-refractivity contribution in [2.45, 2.75) is 33.2 Å². The zero-order valence-electron chi connectivity index (χ0n) is 18.7. The van der Waals surface area contributed by atoms with Crippen molar-refractivity contribution in [2.24, 2.45) is 5.92 Å². The summed E-state index contributed by atoms with van der Waals surface area (Å²) in [4.78, 5) is 62.7. The van der Waals surface area contributed by atoms with Crippen molar-refractivity contribution in [1.29, 1.82) is 0 Å². The number of anilines is 1. The molecule has 0 fully saturated rings. The Morgan fingerprint density at radius 1 is 1.12 bits per heavy atom. The summed E-state index contributed by atoms with van der Waals surface area (Å²) in [5.74, 6) is -2.36. The molecule has 3 amide bonds. The van der Waals surface area contributed by atoms with Crippen LogP contribution in [0.1, 0.15) is 46.5 Å². The first-order valence-corrected chi connectivity index (χ1v) is 10.6. The molecule has 34 heavy (non-hydrogen) atoms. The minimum Gasteiger partial charge on any atom is -0.423 e. The van der Waals surface area contributed by atoms with Crippen LogP contribution in [0, 0.1) is 23.0 Å². The summed E-state index contributed by atoms with van der Waals surface area (Å²) < 4.78 is 5.21. The van der Waals surface area contributed by atoms with Gasteiger partial charge in [-0.3, -0.25) is 29.4 Å². The summed E-state index contributed by atoms with van der Waals surface area (Å²) in [6, 6.07) is 8.76. The summed E-state index contributed by atoms with van der Waals surface area (Å²) in [5.41, 5.74) is -0.136. The average molecular weight is 463 g/mol. The molecule has 0 saturated carbocycles. The zero-order chi connectivity index (χ0) is 24.7. The number of rotatable bonds is 6. The molecule has 2 heterocycles. The minimum atomic E-state index is -1.20. The Morgan fingerprint density at radius 2 is 1.85 bits per heavy atom. The Kier molecular flexibility index (Phi) is 5.74. The second-order valence-electron chi connectivity index (χ2n) is 8.53. The lowest BCUT2D eigenvalue weighted by Gasteiger charge is -2.26. The van der Waals surface area contributed by atoms with Gasteiger partial charge < -0.3 is 9.73 Å². The maximum atomic E-state index is 13.3. The summed E-state index contributed by atoms with van der Waals surface area (Å²) in [5, 5.41) is 14.8. The molecule has 1 atom stereocenters. The van der Waals surface area contributed by atoms with Gasteiger partial charge in [0.1, 0.15) is 17.2 Å². The Hall–Kier alpha value is -4.34. The minimum absolute atomic E-state index is 0.0766. The van der Waals surface area contributed by atoms with E-state index < -0.39 is 40.0 Å². The van der Waals surface area contributed by atoms with E-state index in [0.717, 1.165) is 16.5 Å². The molecule has 10 nitrogen and oxygen atoms in total. The monoisotopic (exact) mass is 463 g/mol. The van der Waals surface area contributed by atoms with Gasteiger partial charge in [0.15, 0.2) is 0 Å². The third-order valence-electron chi connectivity index (χ3n) is 5.65. The van der Waals surface area contributed by atoms with Crippen molar-refractivity contribution in [2.75, 3.05) is 5.32 Å². The molecule has 0 bridgehead atoms. The van der Waals surface area contributed by atoms with Crippen molar-refractivity contribution in [3.05, 3.63) is 79.7 Å². The number of aryl methyl sites for hydroxylation is 1. The van der Waals surface area contributed by atoms with E-state index >= 15 is 0 Å². The Balaban J connectivity index is 1.69. The Labute approximate surface area is 193 Å². The molecule has 10 heteroatoms. The van der Waals surface area contributed by atoms with Crippen molar-refractivity contribution >= 4 is 40.1 Å².